The van der Waals surface area contributed by atoms with Crippen molar-refractivity contribution in [3.63, 3.8) is 0 Å². The van der Waals surface area contributed by atoms with Crippen LogP contribution in [-0.2, 0) is 9.53 Å². The average Bonchev–Trinajstić information content (AvgIpc) is 2.52. The van der Waals surface area contributed by atoms with Gasteiger partial charge in [0.15, 0.2) is 0 Å². The molecular formula is C21H32O2. The Kier molecular flexibility index (Phi) is 5.23. The zero-order valence-electron chi connectivity index (χ0n) is 15.1. The number of rotatable bonds is 5. The van der Waals surface area contributed by atoms with E-state index < -0.39 is 0 Å². The van der Waals surface area contributed by atoms with E-state index in [4.69, 9.17) is 4.74 Å². The highest BCUT2D eigenvalue weighted by molar-refractivity contribution is 5.77. The molecule has 0 heterocycles. The Balaban J connectivity index is 2.31. The second-order valence-corrected chi connectivity index (χ2v) is 7.97. The first-order chi connectivity index (χ1) is 10.8. The molecule has 0 aromatic rings. The number of methoxy groups -OCH3 is 1. The van der Waals surface area contributed by atoms with Crippen LogP contribution >= 0.6 is 0 Å². The monoisotopic (exact) mass is 316 g/mol. The molecule has 2 aliphatic carbocycles. The van der Waals surface area contributed by atoms with E-state index in [1.54, 1.807) is 0 Å². The molecule has 0 N–H and O–H groups in total. The van der Waals surface area contributed by atoms with Gasteiger partial charge in [0.25, 0.3) is 0 Å². The van der Waals surface area contributed by atoms with Crippen molar-refractivity contribution in [1.29, 1.82) is 0 Å². The van der Waals surface area contributed by atoms with Gasteiger partial charge in [0.2, 0.25) is 0 Å². The summed E-state index contributed by atoms with van der Waals surface area (Å²) < 4.78 is 5.18. The molecule has 23 heavy (non-hydrogen) atoms. The summed E-state index contributed by atoms with van der Waals surface area (Å²) in [4.78, 5) is 12.5. The summed E-state index contributed by atoms with van der Waals surface area (Å²) in [6.07, 6.45) is 9.17. The van der Waals surface area contributed by atoms with Crippen molar-refractivity contribution in [3.8, 4) is 0 Å². The minimum atomic E-state index is -0.351. The van der Waals surface area contributed by atoms with Crippen molar-refractivity contribution in [2.45, 2.75) is 58.8 Å². The third-order valence-electron chi connectivity index (χ3n) is 6.71. The maximum Gasteiger partial charge on any atom is 0.311 e. The van der Waals surface area contributed by atoms with Gasteiger partial charge in [-0.3, -0.25) is 4.79 Å². The lowest BCUT2D eigenvalue weighted by molar-refractivity contribution is -0.168. The highest BCUT2D eigenvalue weighted by atomic mass is 16.5. The molecule has 0 aliphatic heterocycles. The van der Waals surface area contributed by atoms with E-state index in [2.05, 4.69) is 33.6 Å². The van der Waals surface area contributed by atoms with Gasteiger partial charge in [-0.2, -0.15) is 0 Å². The summed E-state index contributed by atoms with van der Waals surface area (Å²) in [5, 5.41) is 0. The molecule has 2 rings (SSSR count). The third kappa shape index (κ3) is 3.05. The third-order valence-corrected chi connectivity index (χ3v) is 6.71. The van der Waals surface area contributed by atoms with Crippen LogP contribution in [0.1, 0.15) is 58.8 Å². The summed E-state index contributed by atoms with van der Waals surface area (Å²) in [6, 6.07) is 0. The Bertz CT molecular complexity index is 518. The number of ether oxygens (including phenoxy) is 1. The molecule has 0 radical (unpaired) electrons. The summed E-state index contributed by atoms with van der Waals surface area (Å²) in [5.74, 6) is 0.807. The molecule has 0 spiro atoms. The largest absolute Gasteiger partial charge is 0.469 e. The van der Waals surface area contributed by atoms with Crippen molar-refractivity contribution >= 4 is 5.97 Å². The fraction of sp³-hybridized carbons (Fsp3) is 0.667. The number of hydrogen-bond donors (Lipinski definition) is 0. The van der Waals surface area contributed by atoms with Crippen LogP contribution in [-0.4, -0.2) is 13.1 Å². The van der Waals surface area contributed by atoms with Crippen molar-refractivity contribution in [1.82, 2.24) is 0 Å². The zero-order valence-corrected chi connectivity index (χ0v) is 15.1. The topological polar surface area (TPSA) is 26.3 Å². The number of carbonyl (C=O) groups excluding carboxylic acids is 1. The first kappa shape index (κ1) is 18.0. The molecule has 2 heteroatoms. The Morgan fingerprint density at radius 1 is 1.39 bits per heavy atom. The quantitative estimate of drug-likeness (QED) is 0.382. The van der Waals surface area contributed by atoms with Crippen molar-refractivity contribution < 1.29 is 9.53 Å². The molecule has 0 aromatic heterocycles. The van der Waals surface area contributed by atoms with E-state index >= 15 is 0 Å². The van der Waals surface area contributed by atoms with Crippen LogP contribution in [0.2, 0.25) is 0 Å². The number of carbonyl (C=O) groups is 1. The summed E-state index contributed by atoms with van der Waals surface area (Å²) in [7, 11) is 1.52. The van der Waals surface area contributed by atoms with Gasteiger partial charge >= 0.3 is 5.97 Å². The van der Waals surface area contributed by atoms with Crippen LogP contribution in [0.25, 0.3) is 0 Å². The highest BCUT2D eigenvalue weighted by Gasteiger charge is 2.57. The molecule has 2 nitrogen and oxygen atoms in total. The minimum Gasteiger partial charge on any atom is -0.469 e. The lowest BCUT2D eigenvalue weighted by atomic mass is 9.46. The van der Waals surface area contributed by atoms with Crippen LogP contribution in [0.3, 0.4) is 0 Å². The second kappa shape index (κ2) is 6.67. The smallest absolute Gasteiger partial charge is 0.311 e. The van der Waals surface area contributed by atoms with E-state index in [-0.39, 0.29) is 16.8 Å². The van der Waals surface area contributed by atoms with Crippen LogP contribution in [0, 0.1) is 22.7 Å². The highest BCUT2D eigenvalue weighted by Crippen LogP contribution is 2.62. The molecule has 2 saturated carbocycles. The number of esters is 1. The fourth-order valence-corrected chi connectivity index (χ4v) is 5.39. The summed E-state index contributed by atoms with van der Waals surface area (Å²) >= 11 is 0. The van der Waals surface area contributed by atoms with Crippen LogP contribution in [0.15, 0.2) is 37.0 Å². The molecular weight excluding hydrogens is 284 g/mol. The predicted molar refractivity (Wildman–Crippen MR) is 96.0 cm³/mol. The number of allylic oxidation sites excluding steroid dienone is 3. The molecule has 128 valence electrons. The van der Waals surface area contributed by atoms with Crippen LogP contribution in [0.5, 0.6) is 0 Å². The van der Waals surface area contributed by atoms with E-state index in [0.29, 0.717) is 11.8 Å². The number of fused-ring (bicyclic) bond motifs is 1. The van der Waals surface area contributed by atoms with Gasteiger partial charge in [-0.1, -0.05) is 50.3 Å². The maximum atomic E-state index is 12.5. The standard InChI is InChI=1S/C21H32O2/c1-7-15(2)9-11-17-16(3)10-12-18-20(17,4)13-8-14-21(18,5)19(22)23-6/h7,17-18H,1-3,8-14H2,4-6H3/t17-,18-,20-,21-/m1/s1. The van der Waals surface area contributed by atoms with Crippen LogP contribution in [0.4, 0.5) is 0 Å². The van der Waals surface area contributed by atoms with Gasteiger partial charge in [0, 0.05) is 0 Å². The Hall–Kier alpha value is -1.31. The molecule has 0 saturated heterocycles. The zero-order chi connectivity index (χ0) is 17.3. The molecule has 0 unspecified atom stereocenters. The normalized spacial score (nSPS) is 36.9. The molecule has 2 aliphatic rings. The Morgan fingerprint density at radius 3 is 2.70 bits per heavy atom. The Morgan fingerprint density at radius 2 is 2.09 bits per heavy atom. The van der Waals surface area contributed by atoms with E-state index in [1.165, 1.54) is 19.1 Å². The lowest BCUT2D eigenvalue weighted by Gasteiger charge is -2.57. The summed E-state index contributed by atoms with van der Waals surface area (Å²) in [6.45, 7) is 16.7. The van der Waals surface area contributed by atoms with Gasteiger partial charge in [-0.15, -0.1) is 0 Å². The first-order valence-electron chi connectivity index (χ1n) is 8.86. The van der Waals surface area contributed by atoms with Gasteiger partial charge in [-0.05, 0) is 62.7 Å². The predicted octanol–water partition coefficient (Wildman–Crippen LogP) is 5.46. The van der Waals surface area contributed by atoms with Gasteiger partial charge in [0.1, 0.15) is 0 Å². The van der Waals surface area contributed by atoms with E-state index in [9.17, 15) is 4.79 Å². The summed E-state index contributed by atoms with van der Waals surface area (Å²) in [5.41, 5.74) is 2.23. The van der Waals surface area contributed by atoms with Crippen molar-refractivity contribution in [2.24, 2.45) is 22.7 Å². The van der Waals surface area contributed by atoms with E-state index in [1.807, 2.05) is 6.08 Å². The lowest BCUT2D eigenvalue weighted by Crippen LogP contribution is -2.53. The van der Waals surface area contributed by atoms with E-state index in [0.717, 1.165) is 44.1 Å². The SMILES string of the molecule is C=CC(=C)CC[C@@H]1C(=C)CC[C@@H]2[C@]1(C)CCC[C@@]2(C)C(=O)OC. The van der Waals surface area contributed by atoms with Gasteiger partial charge < -0.3 is 4.74 Å². The first-order valence-corrected chi connectivity index (χ1v) is 8.86. The molecule has 4 atom stereocenters. The van der Waals surface area contributed by atoms with Gasteiger partial charge in [-0.25, -0.2) is 0 Å². The molecule has 0 aromatic carbocycles. The Labute approximate surface area is 141 Å². The molecule has 0 amide bonds. The average molecular weight is 316 g/mol. The number of hydrogen-bond acceptors (Lipinski definition) is 2. The van der Waals surface area contributed by atoms with Crippen molar-refractivity contribution in [3.05, 3.63) is 37.0 Å². The maximum absolute atomic E-state index is 12.5. The minimum absolute atomic E-state index is 0.0322. The molecule has 0 bridgehead atoms. The fourth-order valence-electron chi connectivity index (χ4n) is 5.39. The van der Waals surface area contributed by atoms with Crippen LogP contribution < -0.4 is 0 Å². The second-order valence-electron chi connectivity index (χ2n) is 7.97. The molecule has 2 fully saturated rings. The van der Waals surface area contributed by atoms with Gasteiger partial charge in [0.05, 0.1) is 12.5 Å². The van der Waals surface area contributed by atoms with Crippen molar-refractivity contribution in [2.75, 3.05) is 7.11 Å².